The fourth-order valence-corrected chi connectivity index (χ4v) is 2.42. The van der Waals surface area contributed by atoms with Crippen LogP contribution < -0.4 is 5.73 Å². The first-order chi connectivity index (χ1) is 9.99. The molecule has 0 spiro atoms. The number of nitrogens with zero attached hydrogens (tertiary/aromatic N) is 1. The zero-order valence-electron chi connectivity index (χ0n) is 10.7. The lowest BCUT2D eigenvalue weighted by Gasteiger charge is -2.10. The Bertz CT molecular complexity index is 764. The van der Waals surface area contributed by atoms with Crippen molar-refractivity contribution in [3.05, 3.63) is 45.9 Å². The number of benzene rings is 1. The molecular formula is C14H10ClFN2O3. The van der Waals surface area contributed by atoms with E-state index in [0.29, 0.717) is 18.8 Å². The Morgan fingerprint density at radius 1 is 1.38 bits per heavy atom. The molecule has 0 unspecified atom stereocenters. The summed E-state index contributed by atoms with van der Waals surface area (Å²) in [7, 11) is 0. The summed E-state index contributed by atoms with van der Waals surface area (Å²) in [6.07, 6.45) is 0. The molecule has 3 rings (SSSR count). The molecule has 1 aromatic heterocycles. The molecule has 0 fully saturated rings. The van der Waals surface area contributed by atoms with Crippen molar-refractivity contribution < 1.29 is 19.0 Å². The fraction of sp³-hybridized carbons (Fsp3) is 0.143. The van der Waals surface area contributed by atoms with Gasteiger partial charge in [0.25, 0.3) is 0 Å². The topological polar surface area (TPSA) is 85.4 Å². The monoisotopic (exact) mass is 308 g/mol. The van der Waals surface area contributed by atoms with Gasteiger partial charge in [-0.25, -0.2) is 14.2 Å². The molecule has 21 heavy (non-hydrogen) atoms. The molecule has 1 aromatic carbocycles. The molecule has 3 N–H and O–H groups in total. The normalized spacial score (nSPS) is 13.2. The zero-order valence-corrected chi connectivity index (χ0v) is 11.4. The van der Waals surface area contributed by atoms with Crippen LogP contribution in [0, 0.1) is 5.82 Å². The molecule has 0 saturated heterocycles. The van der Waals surface area contributed by atoms with E-state index >= 15 is 0 Å². The standard InChI is InChI=1S/C14H10ClFN2O3/c15-9-11(17)10(16)12(18-13(9)14(19)20)6-1-2-7-4-21-5-8(7)3-6/h1-3H,4-5H2,(H2,17,18)(H,19,20). The summed E-state index contributed by atoms with van der Waals surface area (Å²) in [5, 5.41) is 8.67. The second-order valence-electron chi connectivity index (χ2n) is 4.63. The van der Waals surface area contributed by atoms with Gasteiger partial charge in [-0.3, -0.25) is 0 Å². The lowest BCUT2D eigenvalue weighted by atomic mass is 10.0. The number of pyridine rings is 1. The zero-order chi connectivity index (χ0) is 15.1. The van der Waals surface area contributed by atoms with Crippen molar-refractivity contribution in [2.45, 2.75) is 13.2 Å². The molecule has 0 aliphatic carbocycles. The van der Waals surface area contributed by atoms with Crippen LogP contribution in [0.2, 0.25) is 5.02 Å². The van der Waals surface area contributed by atoms with Crippen LogP contribution in [0.3, 0.4) is 0 Å². The highest BCUT2D eigenvalue weighted by molar-refractivity contribution is 6.35. The number of nitrogen functional groups attached to an aromatic ring is 1. The first-order valence-electron chi connectivity index (χ1n) is 6.06. The summed E-state index contributed by atoms with van der Waals surface area (Å²) in [6.45, 7) is 0.939. The maximum absolute atomic E-state index is 14.2. The minimum absolute atomic E-state index is 0.135. The minimum atomic E-state index is -1.36. The summed E-state index contributed by atoms with van der Waals surface area (Å²) >= 11 is 5.72. The molecule has 0 saturated carbocycles. The Labute approximate surface area is 124 Å². The number of ether oxygens (including phenoxy) is 1. The number of carboxylic acid groups (broad SMARTS) is 1. The van der Waals surface area contributed by atoms with Crippen molar-refractivity contribution >= 4 is 23.3 Å². The Morgan fingerprint density at radius 3 is 2.81 bits per heavy atom. The Balaban J connectivity index is 2.20. The van der Waals surface area contributed by atoms with Crippen LogP contribution >= 0.6 is 11.6 Å². The van der Waals surface area contributed by atoms with Crippen molar-refractivity contribution in [3.63, 3.8) is 0 Å². The second-order valence-corrected chi connectivity index (χ2v) is 5.01. The molecule has 0 atom stereocenters. The van der Waals surface area contributed by atoms with Crippen LogP contribution in [0.1, 0.15) is 21.6 Å². The SMILES string of the molecule is Nc1c(F)c(-c2ccc3c(c2)COC3)nc(C(=O)O)c1Cl. The summed E-state index contributed by atoms with van der Waals surface area (Å²) in [6, 6.07) is 5.16. The van der Waals surface area contributed by atoms with E-state index in [9.17, 15) is 9.18 Å². The van der Waals surface area contributed by atoms with Gasteiger partial charge in [0.15, 0.2) is 11.5 Å². The van der Waals surface area contributed by atoms with Crippen LogP contribution in [-0.4, -0.2) is 16.1 Å². The van der Waals surface area contributed by atoms with Crippen molar-refractivity contribution in [2.75, 3.05) is 5.73 Å². The third-order valence-corrected chi connectivity index (χ3v) is 3.69. The maximum atomic E-state index is 14.2. The number of halogens is 2. The molecule has 0 radical (unpaired) electrons. The lowest BCUT2D eigenvalue weighted by Crippen LogP contribution is -2.08. The average Bonchev–Trinajstić information content (AvgIpc) is 2.92. The molecule has 1 aliphatic heterocycles. The van der Waals surface area contributed by atoms with Crippen LogP contribution in [0.5, 0.6) is 0 Å². The van der Waals surface area contributed by atoms with Crippen LogP contribution in [0.25, 0.3) is 11.3 Å². The highest BCUT2D eigenvalue weighted by Crippen LogP contribution is 2.33. The Hall–Kier alpha value is -2.18. The van der Waals surface area contributed by atoms with Gasteiger partial charge < -0.3 is 15.6 Å². The highest BCUT2D eigenvalue weighted by atomic mass is 35.5. The summed E-state index contributed by atoms with van der Waals surface area (Å²) < 4.78 is 19.5. The first kappa shape index (κ1) is 13.8. The van der Waals surface area contributed by atoms with Gasteiger partial charge in [-0.15, -0.1) is 0 Å². The number of aromatic carboxylic acids is 1. The van der Waals surface area contributed by atoms with E-state index in [1.807, 2.05) is 0 Å². The first-order valence-corrected chi connectivity index (χ1v) is 6.44. The maximum Gasteiger partial charge on any atom is 0.356 e. The van der Waals surface area contributed by atoms with Gasteiger partial charge in [0.1, 0.15) is 5.69 Å². The van der Waals surface area contributed by atoms with Crippen molar-refractivity contribution in [1.29, 1.82) is 0 Å². The van der Waals surface area contributed by atoms with Gasteiger partial charge in [-0.05, 0) is 17.2 Å². The number of nitrogens with two attached hydrogens (primary N) is 1. The molecule has 2 heterocycles. The smallest absolute Gasteiger partial charge is 0.356 e. The van der Waals surface area contributed by atoms with Gasteiger partial charge in [-0.1, -0.05) is 23.7 Å². The lowest BCUT2D eigenvalue weighted by molar-refractivity contribution is 0.0691. The number of anilines is 1. The van der Waals surface area contributed by atoms with E-state index in [1.54, 1.807) is 18.2 Å². The average molecular weight is 309 g/mol. The van der Waals surface area contributed by atoms with Crippen LogP contribution in [-0.2, 0) is 18.0 Å². The molecule has 5 nitrogen and oxygen atoms in total. The number of rotatable bonds is 2. The molecule has 1 aliphatic rings. The minimum Gasteiger partial charge on any atom is -0.476 e. The van der Waals surface area contributed by atoms with E-state index < -0.39 is 28.2 Å². The third kappa shape index (κ3) is 2.22. The number of carboxylic acids is 1. The van der Waals surface area contributed by atoms with Crippen molar-refractivity contribution in [3.8, 4) is 11.3 Å². The largest absolute Gasteiger partial charge is 0.476 e. The highest BCUT2D eigenvalue weighted by Gasteiger charge is 2.22. The predicted octanol–water partition coefficient (Wildman–Crippen LogP) is 2.85. The van der Waals surface area contributed by atoms with Gasteiger partial charge in [0.05, 0.1) is 23.9 Å². The predicted molar refractivity (Wildman–Crippen MR) is 74.5 cm³/mol. The number of hydrogen-bond donors (Lipinski definition) is 2. The van der Waals surface area contributed by atoms with E-state index in [0.717, 1.165) is 11.1 Å². The number of aromatic nitrogens is 1. The molecule has 0 amide bonds. The number of hydrogen-bond acceptors (Lipinski definition) is 4. The van der Waals surface area contributed by atoms with Gasteiger partial charge in [0, 0.05) is 5.56 Å². The van der Waals surface area contributed by atoms with Gasteiger partial charge >= 0.3 is 5.97 Å². The number of carbonyl (C=O) groups is 1. The molecular weight excluding hydrogens is 299 g/mol. The molecule has 0 bridgehead atoms. The van der Waals surface area contributed by atoms with Crippen molar-refractivity contribution in [1.82, 2.24) is 4.98 Å². The molecule has 108 valence electrons. The van der Waals surface area contributed by atoms with E-state index in [2.05, 4.69) is 4.98 Å². The second kappa shape index (κ2) is 4.98. The van der Waals surface area contributed by atoms with E-state index in [1.165, 1.54) is 0 Å². The summed E-state index contributed by atoms with van der Waals surface area (Å²) in [5.41, 5.74) is 6.87. The fourth-order valence-electron chi connectivity index (χ4n) is 2.21. The van der Waals surface area contributed by atoms with Crippen LogP contribution in [0.4, 0.5) is 10.1 Å². The van der Waals surface area contributed by atoms with Crippen molar-refractivity contribution in [2.24, 2.45) is 0 Å². The van der Waals surface area contributed by atoms with Gasteiger partial charge in [-0.2, -0.15) is 0 Å². The molecule has 2 aromatic rings. The van der Waals surface area contributed by atoms with E-state index in [-0.39, 0.29) is 5.69 Å². The Kier molecular flexibility index (Phi) is 3.27. The molecule has 7 heteroatoms. The summed E-state index contributed by atoms with van der Waals surface area (Å²) in [5.74, 6) is -2.19. The number of fused-ring (bicyclic) bond motifs is 1. The third-order valence-electron chi connectivity index (χ3n) is 3.31. The van der Waals surface area contributed by atoms with Crippen LogP contribution in [0.15, 0.2) is 18.2 Å². The summed E-state index contributed by atoms with van der Waals surface area (Å²) in [4.78, 5) is 14.9. The Morgan fingerprint density at radius 2 is 2.10 bits per heavy atom. The quantitative estimate of drug-likeness (QED) is 0.891. The van der Waals surface area contributed by atoms with Gasteiger partial charge in [0.2, 0.25) is 0 Å². The van der Waals surface area contributed by atoms with E-state index in [4.69, 9.17) is 27.2 Å².